The molecule has 0 fully saturated rings. The van der Waals surface area contributed by atoms with Crippen LogP contribution in [0.5, 0.6) is 5.88 Å². The van der Waals surface area contributed by atoms with Crippen molar-refractivity contribution in [2.75, 3.05) is 0 Å². The SMILES string of the molecule is CCc1nc(C(C)C)cs1.N#Cc1ccc(OC=O)nn1. The van der Waals surface area contributed by atoms with Crippen LogP contribution in [0.15, 0.2) is 17.5 Å². The smallest absolute Gasteiger partial charge is 0.299 e. The molecule has 2 aromatic heterocycles. The van der Waals surface area contributed by atoms with Gasteiger partial charge in [0, 0.05) is 11.4 Å². The first-order chi connectivity index (χ1) is 10.1. The molecule has 110 valence electrons. The maximum absolute atomic E-state index is 9.77. The van der Waals surface area contributed by atoms with Crippen LogP contribution in [0.3, 0.4) is 0 Å². The van der Waals surface area contributed by atoms with Crippen molar-refractivity contribution in [3.63, 3.8) is 0 Å². The standard InChI is InChI=1S/C8H13NS.C6H3N3O2/c1-4-8-9-7(5-10-8)6(2)3;7-3-5-1-2-6(9-8-5)11-4-10/h5-6H,4H2,1-3H3;1-2,4H. The zero-order chi connectivity index (χ0) is 15.7. The molecule has 0 aliphatic heterocycles. The molecule has 6 nitrogen and oxygen atoms in total. The zero-order valence-electron chi connectivity index (χ0n) is 12.1. The van der Waals surface area contributed by atoms with E-state index in [9.17, 15) is 4.79 Å². The van der Waals surface area contributed by atoms with E-state index < -0.39 is 0 Å². The molecule has 0 aromatic carbocycles. The topological polar surface area (TPSA) is 88.8 Å². The number of carbonyl (C=O) groups excluding carboxylic acids is 1. The van der Waals surface area contributed by atoms with Gasteiger partial charge in [0.25, 0.3) is 6.47 Å². The number of aryl methyl sites for hydroxylation is 1. The molecule has 7 heteroatoms. The third-order valence-electron chi connectivity index (χ3n) is 2.39. The Bertz CT molecular complexity index is 602. The van der Waals surface area contributed by atoms with Crippen molar-refractivity contribution in [1.29, 1.82) is 5.26 Å². The third kappa shape index (κ3) is 5.67. The van der Waals surface area contributed by atoms with Crippen LogP contribution < -0.4 is 4.74 Å². The number of aromatic nitrogens is 3. The number of hydrogen-bond acceptors (Lipinski definition) is 7. The fraction of sp³-hybridized carbons (Fsp3) is 0.357. The van der Waals surface area contributed by atoms with Gasteiger partial charge in [-0.2, -0.15) is 5.26 Å². The van der Waals surface area contributed by atoms with Gasteiger partial charge in [0.2, 0.25) is 5.88 Å². The van der Waals surface area contributed by atoms with Crippen LogP contribution in [0, 0.1) is 11.3 Å². The minimum atomic E-state index is 0.0824. The second kappa shape index (κ2) is 8.76. The maximum Gasteiger partial charge on any atom is 0.299 e. The Morgan fingerprint density at radius 1 is 1.43 bits per heavy atom. The van der Waals surface area contributed by atoms with Gasteiger partial charge in [-0.05, 0) is 18.4 Å². The van der Waals surface area contributed by atoms with E-state index in [0.717, 1.165) is 6.42 Å². The molecule has 21 heavy (non-hydrogen) atoms. The monoisotopic (exact) mass is 304 g/mol. The second-order valence-electron chi connectivity index (χ2n) is 4.26. The van der Waals surface area contributed by atoms with E-state index in [-0.39, 0.29) is 18.0 Å². The van der Waals surface area contributed by atoms with Crippen LogP contribution in [0.2, 0.25) is 0 Å². The molecule has 0 saturated carbocycles. The number of hydrogen-bond donors (Lipinski definition) is 0. The van der Waals surface area contributed by atoms with Crippen molar-refractivity contribution in [3.05, 3.63) is 33.9 Å². The number of nitriles is 1. The lowest BCUT2D eigenvalue weighted by atomic mass is 10.2. The lowest BCUT2D eigenvalue weighted by Gasteiger charge is -1.95. The number of carbonyl (C=O) groups is 1. The summed E-state index contributed by atoms with van der Waals surface area (Å²) in [5, 5.41) is 18.5. The summed E-state index contributed by atoms with van der Waals surface area (Å²) in [4.78, 5) is 14.2. The van der Waals surface area contributed by atoms with Crippen LogP contribution in [0.4, 0.5) is 0 Å². The van der Waals surface area contributed by atoms with E-state index in [1.807, 2.05) is 0 Å². The minimum absolute atomic E-state index is 0.0824. The van der Waals surface area contributed by atoms with E-state index in [0.29, 0.717) is 5.92 Å². The summed E-state index contributed by atoms with van der Waals surface area (Å²) in [6, 6.07) is 4.58. The molecule has 0 spiro atoms. The van der Waals surface area contributed by atoms with E-state index in [2.05, 4.69) is 46.1 Å². The molecule has 2 aromatic rings. The van der Waals surface area contributed by atoms with E-state index in [1.165, 1.54) is 22.8 Å². The predicted octanol–water partition coefficient (Wildman–Crippen LogP) is 2.71. The molecule has 0 radical (unpaired) electrons. The number of rotatable bonds is 4. The van der Waals surface area contributed by atoms with Crippen LogP contribution in [0.1, 0.15) is 43.1 Å². The first-order valence-electron chi connectivity index (χ1n) is 6.39. The van der Waals surface area contributed by atoms with E-state index in [1.54, 1.807) is 17.4 Å². The highest BCUT2D eigenvalue weighted by Crippen LogP contribution is 2.17. The molecular weight excluding hydrogens is 288 g/mol. The first kappa shape index (κ1) is 16.7. The summed E-state index contributed by atoms with van der Waals surface area (Å²) in [7, 11) is 0. The van der Waals surface area contributed by atoms with Crippen LogP contribution in [-0.4, -0.2) is 21.7 Å². The van der Waals surface area contributed by atoms with Gasteiger partial charge in [-0.1, -0.05) is 20.8 Å². The third-order valence-corrected chi connectivity index (χ3v) is 3.40. The van der Waals surface area contributed by atoms with Crippen molar-refractivity contribution in [2.45, 2.75) is 33.1 Å². The van der Waals surface area contributed by atoms with E-state index in [4.69, 9.17) is 5.26 Å². The summed E-state index contributed by atoms with van der Waals surface area (Å²) in [5.41, 5.74) is 1.42. The van der Waals surface area contributed by atoms with Gasteiger partial charge >= 0.3 is 0 Å². The Labute approximate surface area is 127 Å². The highest BCUT2D eigenvalue weighted by atomic mass is 32.1. The molecule has 0 bridgehead atoms. The Balaban J connectivity index is 0.000000211. The molecule has 2 heterocycles. The molecule has 0 saturated heterocycles. The largest absolute Gasteiger partial charge is 0.408 e. The zero-order valence-corrected chi connectivity index (χ0v) is 12.9. The normalized spacial score (nSPS) is 9.48. The number of nitrogens with zero attached hydrogens (tertiary/aromatic N) is 4. The van der Waals surface area contributed by atoms with Gasteiger partial charge in [0.1, 0.15) is 6.07 Å². The van der Waals surface area contributed by atoms with Gasteiger partial charge in [0.15, 0.2) is 5.69 Å². The highest BCUT2D eigenvalue weighted by molar-refractivity contribution is 7.09. The maximum atomic E-state index is 9.77. The van der Waals surface area contributed by atoms with Crippen LogP contribution in [-0.2, 0) is 11.2 Å². The Morgan fingerprint density at radius 3 is 2.57 bits per heavy atom. The van der Waals surface area contributed by atoms with Gasteiger partial charge in [-0.3, -0.25) is 4.79 Å². The Hall–Kier alpha value is -2.33. The lowest BCUT2D eigenvalue weighted by molar-refractivity contribution is -0.121. The average Bonchev–Trinajstić information content (AvgIpc) is 2.98. The quantitative estimate of drug-likeness (QED) is 0.807. The summed E-state index contributed by atoms with van der Waals surface area (Å²) in [5.74, 6) is 0.663. The molecule has 0 aliphatic carbocycles. The van der Waals surface area contributed by atoms with Crippen LogP contribution >= 0.6 is 11.3 Å². The Kier molecular flexibility index (Phi) is 6.98. The summed E-state index contributed by atoms with van der Waals surface area (Å²) < 4.78 is 4.34. The molecule has 0 aliphatic rings. The van der Waals surface area contributed by atoms with Crippen molar-refractivity contribution in [2.24, 2.45) is 0 Å². The van der Waals surface area contributed by atoms with Gasteiger partial charge in [-0.15, -0.1) is 21.5 Å². The fourth-order valence-electron chi connectivity index (χ4n) is 1.24. The minimum Gasteiger partial charge on any atom is -0.408 e. The molecular formula is C14H16N4O2S. The molecule has 0 unspecified atom stereocenters. The molecule has 0 N–H and O–H groups in total. The molecule has 0 amide bonds. The fourth-order valence-corrected chi connectivity index (χ4v) is 2.15. The predicted molar refractivity (Wildman–Crippen MR) is 79.0 cm³/mol. The highest BCUT2D eigenvalue weighted by Gasteiger charge is 2.02. The van der Waals surface area contributed by atoms with Crippen molar-refractivity contribution < 1.29 is 9.53 Å². The second-order valence-corrected chi connectivity index (χ2v) is 5.20. The van der Waals surface area contributed by atoms with Crippen molar-refractivity contribution >= 4 is 17.8 Å². The molecule has 2 rings (SSSR count). The Morgan fingerprint density at radius 2 is 2.19 bits per heavy atom. The van der Waals surface area contributed by atoms with Gasteiger partial charge in [0.05, 0.1) is 10.7 Å². The summed E-state index contributed by atoms with van der Waals surface area (Å²) >= 11 is 1.77. The lowest BCUT2D eigenvalue weighted by Crippen LogP contribution is -1.94. The number of thiazole rings is 1. The average molecular weight is 304 g/mol. The van der Waals surface area contributed by atoms with Crippen molar-refractivity contribution in [3.8, 4) is 11.9 Å². The summed E-state index contributed by atoms with van der Waals surface area (Å²) in [6.45, 7) is 6.74. The van der Waals surface area contributed by atoms with Crippen LogP contribution in [0.25, 0.3) is 0 Å². The molecule has 0 atom stereocenters. The van der Waals surface area contributed by atoms with Crippen molar-refractivity contribution in [1.82, 2.24) is 15.2 Å². The first-order valence-corrected chi connectivity index (χ1v) is 7.27. The van der Waals surface area contributed by atoms with Gasteiger partial charge < -0.3 is 4.74 Å². The van der Waals surface area contributed by atoms with Gasteiger partial charge in [-0.25, -0.2) is 4.98 Å². The van der Waals surface area contributed by atoms with E-state index >= 15 is 0 Å². The number of ether oxygens (including phenoxy) is 1. The summed E-state index contributed by atoms with van der Waals surface area (Å²) in [6.07, 6.45) is 1.07.